The second kappa shape index (κ2) is 5.98. The van der Waals surface area contributed by atoms with Crippen LogP contribution < -0.4 is 0 Å². The lowest BCUT2D eigenvalue weighted by atomic mass is 10.4. The Bertz CT molecular complexity index is 402. The van der Waals surface area contributed by atoms with Crippen molar-refractivity contribution in [3.05, 3.63) is 30.3 Å². The third-order valence-electron chi connectivity index (χ3n) is 2.33. The van der Waals surface area contributed by atoms with Crippen molar-refractivity contribution in [2.24, 2.45) is 0 Å². The molecule has 90 valence electrons. The Hall–Kier alpha value is -0.910. The van der Waals surface area contributed by atoms with E-state index in [0.29, 0.717) is 18.0 Å². The van der Waals surface area contributed by atoms with Gasteiger partial charge in [-0.3, -0.25) is 0 Å². The van der Waals surface area contributed by atoms with E-state index in [4.69, 9.17) is 5.11 Å². The lowest BCUT2D eigenvalue weighted by Crippen LogP contribution is -2.28. The molecule has 0 saturated carbocycles. The Morgan fingerprint density at radius 3 is 2.38 bits per heavy atom. The van der Waals surface area contributed by atoms with Crippen LogP contribution in [0.15, 0.2) is 35.2 Å². The van der Waals surface area contributed by atoms with Crippen LogP contribution in [-0.4, -0.2) is 50.9 Å². The van der Waals surface area contributed by atoms with Crippen LogP contribution in [0.2, 0.25) is 0 Å². The minimum atomic E-state index is -3.20. The standard InChI is InChI=1S/C11H17NO3S/c1-12(7-9-13)8-10-16(14,15)11-5-3-2-4-6-11/h2-6,13H,7-10H2,1H3. The molecule has 0 aliphatic carbocycles. The molecule has 0 aromatic heterocycles. The number of aliphatic hydroxyl groups is 1. The summed E-state index contributed by atoms with van der Waals surface area (Å²) in [4.78, 5) is 2.15. The van der Waals surface area contributed by atoms with E-state index in [2.05, 4.69) is 0 Å². The van der Waals surface area contributed by atoms with Crippen LogP contribution in [0.4, 0.5) is 0 Å². The van der Waals surface area contributed by atoms with Crippen LogP contribution in [0.3, 0.4) is 0 Å². The number of aliphatic hydroxyl groups excluding tert-OH is 1. The molecule has 16 heavy (non-hydrogen) atoms. The highest BCUT2D eigenvalue weighted by Gasteiger charge is 2.14. The highest BCUT2D eigenvalue weighted by molar-refractivity contribution is 7.91. The Morgan fingerprint density at radius 1 is 1.19 bits per heavy atom. The highest BCUT2D eigenvalue weighted by Crippen LogP contribution is 2.09. The quantitative estimate of drug-likeness (QED) is 0.785. The van der Waals surface area contributed by atoms with Crippen molar-refractivity contribution in [3.63, 3.8) is 0 Å². The maximum Gasteiger partial charge on any atom is 0.179 e. The molecule has 0 bridgehead atoms. The van der Waals surface area contributed by atoms with Gasteiger partial charge in [0, 0.05) is 13.1 Å². The van der Waals surface area contributed by atoms with Crippen LogP contribution in [0, 0.1) is 0 Å². The van der Waals surface area contributed by atoms with Gasteiger partial charge >= 0.3 is 0 Å². The fraction of sp³-hybridized carbons (Fsp3) is 0.455. The molecule has 0 heterocycles. The van der Waals surface area contributed by atoms with E-state index in [1.807, 2.05) is 0 Å². The minimum Gasteiger partial charge on any atom is -0.395 e. The summed E-state index contributed by atoms with van der Waals surface area (Å²) in [6.07, 6.45) is 0. The van der Waals surface area contributed by atoms with Crippen molar-refractivity contribution in [2.45, 2.75) is 4.90 Å². The Labute approximate surface area is 96.4 Å². The van der Waals surface area contributed by atoms with Gasteiger partial charge in [0.25, 0.3) is 0 Å². The number of rotatable bonds is 6. The fourth-order valence-corrected chi connectivity index (χ4v) is 2.66. The third kappa shape index (κ3) is 3.92. The molecule has 0 spiro atoms. The zero-order chi connectivity index (χ0) is 12.0. The number of sulfone groups is 1. The van der Waals surface area contributed by atoms with E-state index in [9.17, 15) is 8.42 Å². The second-order valence-corrected chi connectivity index (χ2v) is 5.77. The summed E-state index contributed by atoms with van der Waals surface area (Å²) >= 11 is 0. The predicted octanol–water partition coefficient (Wildman–Crippen LogP) is 0.384. The van der Waals surface area contributed by atoms with Gasteiger partial charge in [0.05, 0.1) is 17.3 Å². The summed E-state index contributed by atoms with van der Waals surface area (Å²) in [5.74, 6) is 0.0769. The van der Waals surface area contributed by atoms with Crippen molar-refractivity contribution >= 4 is 9.84 Å². The second-order valence-electron chi connectivity index (χ2n) is 3.66. The van der Waals surface area contributed by atoms with Crippen molar-refractivity contribution in [1.82, 2.24) is 4.90 Å². The molecule has 1 N–H and O–H groups in total. The van der Waals surface area contributed by atoms with Gasteiger partial charge in [-0.05, 0) is 19.2 Å². The van der Waals surface area contributed by atoms with Crippen LogP contribution in [-0.2, 0) is 9.84 Å². The number of hydrogen-bond donors (Lipinski definition) is 1. The summed E-state index contributed by atoms with van der Waals surface area (Å²) in [6, 6.07) is 8.41. The number of nitrogens with zero attached hydrogens (tertiary/aromatic N) is 1. The lowest BCUT2D eigenvalue weighted by Gasteiger charge is -2.14. The van der Waals surface area contributed by atoms with Crippen LogP contribution in [0.1, 0.15) is 0 Å². The molecule has 0 aliphatic rings. The van der Waals surface area contributed by atoms with Gasteiger partial charge in [-0.25, -0.2) is 8.42 Å². The number of benzene rings is 1. The average molecular weight is 243 g/mol. The summed E-state index contributed by atoms with van der Waals surface area (Å²) in [7, 11) is -1.41. The van der Waals surface area contributed by atoms with Gasteiger partial charge in [0.15, 0.2) is 9.84 Å². The van der Waals surface area contributed by atoms with Crippen molar-refractivity contribution in [1.29, 1.82) is 0 Å². The van der Waals surface area contributed by atoms with Gasteiger partial charge in [0.1, 0.15) is 0 Å². The maximum atomic E-state index is 11.9. The molecule has 0 atom stereocenters. The molecule has 0 radical (unpaired) electrons. The summed E-state index contributed by atoms with van der Waals surface area (Å²) < 4.78 is 23.7. The molecule has 0 aliphatic heterocycles. The van der Waals surface area contributed by atoms with E-state index in [0.717, 1.165) is 0 Å². The predicted molar refractivity (Wildman–Crippen MR) is 63.1 cm³/mol. The monoisotopic (exact) mass is 243 g/mol. The number of hydrogen-bond acceptors (Lipinski definition) is 4. The first-order valence-corrected chi connectivity index (χ1v) is 6.78. The van der Waals surface area contributed by atoms with E-state index in [1.165, 1.54) is 0 Å². The normalized spacial score (nSPS) is 11.9. The van der Waals surface area contributed by atoms with E-state index in [-0.39, 0.29) is 12.4 Å². The summed E-state index contributed by atoms with van der Waals surface area (Å²) in [6.45, 7) is 0.962. The lowest BCUT2D eigenvalue weighted by molar-refractivity contribution is 0.227. The van der Waals surface area contributed by atoms with Gasteiger partial charge in [-0.1, -0.05) is 18.2 Å². The first-order chi connectivity index (χ1) is 7.56. The van der Waals surface area contributed by atoms with Gasteiger partial charge < -0.3 is 10.0 Å². The van der Waals surface area contributed by atoms with Gasteiger partial charge in [0.2, 0.25) is 0 Å². The van der Waals surface area contributed by atoms with Crippen LogP contribution in [0.5, 0.6) is 0 Å². The molecule has 1 aromatic rings. The van der Waals surface area contributed by atoms with Crippen molar-refractivity contribution in [3.8, 4) is 0 Å². The molecule has 0 saturated heterocycles. The average Bonchev–Trinajstić information content (AvgIpc) is 2.28. The summed E-state index contributed by atoms with van der Waals surface area (Å²) in [5, 5.41) is 8.69. The van der Waals surface area contributed by atoms with E-state index >= 15 is 0 Å². The molecule has 0 unspecified atom stereocenters. The zero-order valence-corrected chi connectivity index (χ0v) is 10.2. The SMILES string of the molecule is CN(CCO)CCS(=O)(=O)c1ccccc1. The third-order valence-corrected chi connectivity index (χ3v) is 4.04. The molecule has 0 amide bonds. The molecular formula is C11H17NO3S. The molecule has 0 fully saturated rings. The van der Waals surface area contributed by atoms with Crippen molar-refractivity contribution in [2.75, 3.05) is 32.5 Å². The van der Waals surface area contributed by atoms with Gasteiger partial charge in [-0.15, -0.1) is 0 Å². The molecule has 4 nitrogen and oxygen atoms in total. The highest BCUT2D eigenvalue weighted by atomic mass is 32.2. The molecular weight excluding hydrogens is 226 g/mol. The van der Waals surface area contributed by atoms with E-state index < -0.39 is 9.84 Å². The summed E-state index contributed by atoms with van der Waals surface area (Å²) in [5.41, 5.74) is 0. The minimum absolute atomic E-state index is 0.0435. The largest absolute Gasteiger partial charge is 0.395 e. The van der Waals surface area contributed by atoms with Gasteiger partial charge in [-0.2, -0.15) is 0 Å². The van der Waals surface area contributed by atoms with Crippen LogP contribution >= 0.6 is 0 Å². The first-order valence-electron chi connectivity index (χ1n) is 5.13. The molecule has 5 heteroatoms. The maximum absolute atomic E-state index is 11.9. The zero-order valence-electron chi connectivity index (χ0n) is 9.33. The topological polar surface area (TPSA) is 57.6 Å². The smallest absolute Gasteiger partial charge is 0.179 e. The molecule has 1 aromatic carbocycles. The fourth-order valence-electron chi connectivity index (χ4n) is 1.30. The van der Waals surface area contributed by atoms with Crippen LogP contribution in [0.25, 0.3) is 0 Å². The van der Waals surface area contributed by atoms with E-state index in [1.54, 1.807) is 42.3 Å². The van der Waals surface area contributed by atoms with Crippen molar-refractivity contribution < 1.29 is 13.5 Å². The Kier molecular flexibility index (Phi) is 4.92. The number of likely N-dealkylation sites (N-methyl/N-ethyl adjacent to an activating group) is 1. The first kappa shape index (κ1) is 13.2. The molecule has 1 rings (SSSR count). The Balaban J connectivity index is 2.60. The Morgan fingerprint density at radius 2 is 1.81 bits per heavy atom.